The lowest BCUT2D eigenvalue weighted by atomic mass is 9.83. The molecule has 21 heavy (non-hydrogen) atoms. The van der Waals surface area contributed by atoms with Crippen molar-refractivity contribution in [1.82, 2.24) is 14.5 Å². The van der Waals surface area contributed by atoms with Crippen LogP contribution in [0.4, 0.5) is 0 Å². The lowest BCUT2D eigenvalue weighted by molar-refractivity contribution is -0.133. The van der Waals surface area contributed by atoms with Crippen LogP contribution in [0.2, 0.25) is 0 Å². The molecule has 0 spiro atoms. The molecular formula is C14H18N4O3. The van der Waals surface area contributed by atoms with Gasteiger partial charge < -0.3 is 9.47 Å². The van der Waals surface area contributed by atoms with Crippen molar-refractivity contribution in [2.75, 3.05) is 13.1 Å². The summed E-state index contributed by atoms with van der Waals surface area (Å²) < 4.78 is 1.30. The molecule has 1 atom stereocenters. The van der Waals surface area contributed by atoms with E-state index >= 15 is 0 Å². The summed E-state index contributed by atoms with van der Waals surface area (Å²) in [5.74, 6) is -0.0747. The standard InChI is InChI=1S/C14H18N4O3/c1-14(9-15)5-2-6-18(10-14)12(20)4-8-17-7-3-11(19)16-13(17)21/h3,7H,2,4-6,8,10H2,1H3,(H,16,19,21). The Kier molecular flexibility index (Phi) is 4.26. The summed E-state index contributed by atoms with van der Waals surface area (Å²) in [6.45, 7) is 3.16. The third-order valence-electron chi connectivity index (χ3n) is 3.78. The van der Waals surface area contributed by atoms with Crippen molar-refractivity contribution in [2.45, 2.75) is 32.7 Å². The Labute approximate surface area is 121 Å². The molecule has 1 fully saturated rings. The predicted molar refractivity (Wildman–Crippen MR) is 75.5 cm³/mol. The van der Waals surface area contributed by atoms with E-state index in [0.29, 0.717) is 13.1 Å². The minimum absolute atomic E-state index is 0.0747. The van der Waals surface area contributed by atoms with Crippen molar-refractivity contribution >= 4 is 5.91 Å². The highest BCUT2D eigenvalue weighted by Gasteiger charge is 2.32. The second-order valence-corrected chi connectivity index (χ2v) is 5.64. The van der Waals surface area contributed by atoms with Crippen molar-refractivity contribution in [2.24, 2.45) is 5.41 Å². The normalized spacial score (nSPS) is 21.8. The maximum atomic E-state index is 12.2. The fourth-order valence-electron chi connectivity index (χ4n) is 2.54. The topological polar surface area (TPSA) is 99.0 Å². The number of likely N-dealkylation sites (tertiary alicyclic amines) is 1. The van der Waals surface area contributed by atoms with Crippen molar-refractivity contribution in [1.29, 1.82) is 5.26 Å². The number of hydrogen-bond acceptors (Lipinski definition) is 4. The average Bonchev–Trinajstić information content (AvgIpc) is 2.46. The molecule has 1 aromatic rings. The van der Waals surface area contributed by atoms with Gasteiger partial charge in [-0.05, 0) is 19.8 Å². The number of nitrogens with one attached hydrogen (secondary N) is 1. The molecule has 1 aromatic heterocycles. The summed E-state index contributed by atoms with van der Waals surface area (Å²) in [4.78, 5) is 38.5. The van der Waals surface area contributed by atoms with Crippen LogP contribution in [0.25, 0.3) is 0 Å². The number of carbonyl (C=O) groups excluding carboxylic acids is 1. The first-order valence-corrected chi connectivity index (χ1v) is 6.92. The molecule has 0 bridgehead atoms. The first-order chi connectivity index (χ1) is 9.93. The molecule has 1 aliphatic heterocycles. The highest BCUT2D eigenvalue weighted by atomic mass is 16.2. The monoisotopic (exact) mass is 290 g/mol. The van der Waals surface area contributed by atoms with Gasteiger partial charge in [-0.3, -0.25) is 14.6 Å². The molecule has 0 aromatic carbocycles. The van der Waals surface area contributed by atoms with Crippen LogP contribution >= 0.6 is 0 Å². The number of amides is 1. The van der Waals surface area contributed by atoms with Crippen LogP contribution in [0.5, 0.6) is 0 Å². The number of nitrogens with zero attached hydrogens (tertiary/aromatic N) is 3. The summed E-state index contributed by atoms with van der Waals surface area (Å²) in [7, 11) is 0. The van der Waals surface area contributed by atoms with Gasteiger partial charge in [-0.2, -0.15) is 5.26 Å². The molecule has 1 aliphatic rings. The van der Waals surface area contributed by atoms with E-state index in [4.69, 9.17) is 5.26 Å². The third kappa shape index (κ3) is 3.60. The number of piperidine rings is 1. The first kappa shape index (κ1) is 15.0. The Morgan fingerprint density at radius 1 is 1.52 bits per heavy atom. The number of rotatable bonds is 3. The van der Waals surface area contributed by atoms with Gasteiger partial charge in [0.15, 0.2) is 0 Å². The number of hydrogen-bond donors (Lipinski definition) is 1. The summed E-state index contributed by atoms with van der Waals surface area (Å²) in [6, 6.07) is 3.51. The zero-order chi connectivity index (χ0) is 15.5. The summed E-state index contributed by atoms with van der Waals surface area (Å²) in [5, 5.41) is 9.15. The number of nitriles is 1. The van der Waals surface area contributed by atoms with Gasteiger partial charge in [0, 0.05) is 38.3 Å². The van der Waals surface area contributed by atoms with Gasteiger partial charge in [0.25, 0.3) is 5.56 Å². The molecule has 2 rings (SSSR count). The zero-order valence-electron chi connectivity index (χ0n) is 12.0. The molecule has 1 amide bonds. The Morgan fingerprint density at radius 2 is 2.29 bits per heavy atom. The zero-order valence-corrected chi connectivity index (χ0v) is 12.0. The van der Waals surface area contributed by atoms with E-state index in [1.165, 1.54) is 16.8 Å². The number of aromatic nitrogens is 2. The molecule has 2 heterocycles. The van der Waals surface area contributed by atoms with Crippen molar-refractivity contribution in [3.63, 3.8) is 0 Å². The van der Waals surface area contributed by atoms with E-state index in [1.807, 2.05) is 6.92 Å². The molecule has 0 aliphatic carbocycles. The van der Waals surface area contributed by atoms with Crippen molar-refractivity contribution < 1.29 is 4.79 Å². The van der Waals surface area contributed by atoms with E-state index in [-0.39, 0.29) is 18.9 Å². The lowest BCUT2D eigenvalue weighted by Crippen LogP contribution is -2.44. The highest BCUT2D eigenvalue weighted by Crippen LogP contribution is 2.28. The van der Waals surface area contributed by atoms with Gasteiger partial charge >= 0.3 is 5.69 Å². The Morgan fingerprint density at radius 3 is 2.95 bits per heavy atom. The largest absolute Gasteiger partial charge is 0.341 e. The second kappa shape index (κ2) is 5.95. The van der Waals surface area contributed by atoms with Gasteiger partial charge in [0.05, 0.1) is 11.5 Å². The average molecular weight is 290 g/mol. The number of carbonyl (C=O) groups is 1. The maximum absolute atomic E-state index is 12.2. The van der Waals surface area contributed by atoms with Gasteiger partial charge in [-0.15, -0.1) is 0 Å². The molecule has 1 saturated heterocycles. The predicted octanol–water partition coefficient (Wildman–Crippen LogP) is 0.0790. The molecule has 7 heteroatoms. The SMILES string of the molecule is CC1(C#N)CCCN(C(=O)CCn2ccc(=O)[nH]c2=O)C1. The number of H-pyrrole nitrogens is 1. The van der Waals surface area contributed by atoms with Crippen LogP contribution in [0.15, 0.2) is 21.9 Å². The van der Waals surface area contributed by atoms with Gasteiger partial charge in [-0.1, -0.05) is 0 Å². The molecule has 0 saturated carbocycles. The van der Waals surface area contributed by atoms with Gasteiger partial charge in [-0.25, -0.2) is 4.79 Å². The van der Waals surface area contributed by atoms with Crippen LogP contribution < -0.4 is 11.2 Å². The number of aromatic amines is 1. The maximum Gasteiger partial charge on any atom is 0.328 e. The van der Waals surface area contributed by atoms with Crippen LogP contribution in [-0.2, 0) is 11.3 Å². The number of aryl methyl sites for hydroxylation is 1. The highest BCUT2D eigenvalue weighted by molar-refractivity contribution is 5.76. The van der Waals surface area contributed by atoms with Crippen molar-refractivity contribution in [3.05, 3.63) is 33.1 Å². The summed E-state index contributed by atoms with van der Waals surface area (Å²) in [6.07, 6.45) is 3.17. The van der Waals surface area contributed by atoms with Crippen LogP contribution in [0.3, 0.4) is 0 Å². The minimum Gasteiger partial charge on any atom is -0.341 e. The van der Waals surface area contributed by atoms with Crippen LogP contribution in [0.1, 0.15) is 26.2 Å². The van der Waals surface area contributed by atoms with Crippen LogP contribution in [-0.4, -0.2) is 33.4 Å². The van der Waals surface area contributed by atoms with E-state index in [2.05, 4.69) is 11.1 Å². The summed E-state index contributed by atoms with van der Waals surface area (Å²) >= 11 is 0. The quantitative estimate of drug-likeness (QED) is 0.852. The fourth-order valence-corrected chi connectivity index (χ4v) is 2.54. The molecule has 0 radical (unpaired) electrons. The summed E-state index contributed by atoms with van der Waals surface area (Å²) in [5.41, 5.74) is -1.46. The first-order valence-electron chi connectivity index (χ1n) is 6.92. The molecule has 1 unspecified atom stereocenters. The smallest absolute Gasteiger partial charge is 0.328 e. The Bertz CT molecular complexity index is 684. The molecule has 1 N–H and O–H groups in total. The Hall–Kier alpha value is -2.36. The lowest BCUT2D eigenvalue weighted by Gasteiger charge is -2.36. The van der Waals surface area contributed by atoms with E-state index < -0.39 is 16.7 Å². The molecular weight excluding hydrogens is 272 g/mol. The third-order valence-corrected chi connectivity index (χ3v) is 3.78. The molecule has 112 valence electrons. The van der Waals surface area contributed by atoms with Crippen molar-refractivity contribution in [3.8, 4) is 6.07 Å². The minimum atomic E-state index is -0.518. The van der Waals surface area contributed by atoms with E-state index in [9.17, 15) is 14.4 Å². The fraction of sp³-hybridized carbons (Fsp3) is 0.571. The van der Waals surface area contributed by atoms with E-state index in [1.54, 1.807) is 4.90 Å². The van der Waals surface area contributed by atoms with Gasteiger partial charge in [0.1, 0.15) is 0 Å². The van der Waals surface area contributed by atoms with E-state index in [0.717, 1.165) is 12.8 Å². The molecule has 7 nitrogen and oxygen atoms in total. The van der Waals surface area contributed by atoms with Crippen LogP contribution in [0, 0.1) is 16.7 Å². The Balaban J connectivity index is 1.97. The van der Waals surface area contributed by atoms with Gasteiger partial charge in [0.2, 0.25) is 5.91 Å². The second-order valence-electron chi connectivity index (χ2n) is 5.64.